The fraction of sp³-hybridized carbons (Fsp3) is 0.267. The van der Waals surface area contributed by atoms with Gasteiger partial charge in [0.05, 0.1) is 12.2 Å². The zero-order valence-corrected chi connectivity index (χ0v) is 12.3. The van der Waals surface area contributed by atoms with E-state index in [-0.39, 0.29) is 0 Å². The second kappa shape index (κ2) is 6.01. The molecule has 0 saturated heterocycles. The molecule has 0 N–H and O–H groups in total. The largest absolute Gasteiger partial charge is 0.366 e. The van der Waals surface area contributed by atoms with Crippen LogP contribution < -0.4 is 4.90 Å². The van der Waals surface area contributed by atoms with Crippen molar-refractivity contribution in [3.63, 3.8) is 0 Å². The maximum atomic E-state index is 4.43. The Hall–Kier alpha value is -1.35. The normalized spacial score (nSPS) is 10.4. The predicted molar refractivity (Wildman–Crippen MR) is 79.8 cm³/mol. The highest BCUT2D eigenvalue weighted by atomic mass is 79.9. The molecule has 0 bridgehead atoms. The van der Waals surface area contributed by atoms with Crippen LogP contribution in [0, 0.1) is 6.92 Å². The summed E-state index contributed by atoms with van der Waals surface area (Å²) in [6.45, 7) is 6.13. The van der Waals surface area contributed by atoms with Gasteiger partial charge in [0.25, 0.3) is 0 Å². The Bertz CT molecular complexity index is 508. The van der Waals surface area contributed by atoms with E-state index in [2.05, 4.69) is 70.0 Å². The average molecular weight is 305 g/mol. The van der Waals surface area contributed by atoms with Crippen LogP contribution in [-0.4, -0.2) is 11.5 Å². The molecule has 0 aliphatic heterocycles. The Balaban J connectivity index is 2.20. The predicted octanol–water partition coefficient (Wildman–Crippen LogP) is 4.18. The molecule has 0 aliphatic carbocycles. The maximum absolute atomic E-state index is 4.43. The molecule has 1 aromatic carbocycles. The van der Waals surface area contributed by atoms with Gasteiger partial charge < -0.3 is 4.90 Å². The van der Waals surface area contributed by atoms with E-state index in [1.165, 1.54) is 11.3 Å². The summed E-state index contributed by atoms with van der Waals surface area (Å²) in [6, 6.07) is 12.6. The van der Waals surface area contributed by atoms with Gasteiger partial charge in [0.15, 0.2) is 0 Å². The summed E-state index contributed by atoms with van der Waals surface area (Å²) >= 11 is 3.41. The zero-order valence-electron chi connectivity index (χ0n) is 10.7. The van der Waals surface area contributed by atoms with Crippen molar-refractivity contribution in [1.29, 1.82) is 0 Å². The van der Waals surface area contributed by atoms with Crippen molar-refractivity contribution in [2.75, 3.05) is 11.4 Å². The lowest BCUT2D eigenvalue weighted by atomic mass is 10.1. The maximum Gasteiger partial charge on any atom is 0.0602 e. The molecule has 3 heteroatoms. The quantitative estimate of drug-likeness (QED) is 0.842. The third-order valence-electron chi connectivity index (χ3n) is 2.98. The molecule has 1 aromatic heterocycles. The van der Waals surface area contributed by atoms with E-state index in [4.69, 9.17) is 0 Å². The number of nitrogens with zero attached hydrogens (tertiary/aromatic N) is 2. The third kappa shape index (κ3) is 3.10. The Labute approximate surface area is 117 Å². The first kappa shape index (κ1) is 13.1. The molecule has 0 spiro atoms. The third-order valence-corrected chi connectivity index (χ3v) is 3.45. The number of aryl methyl sites for hydroxylation is 1. The highest BCUT2D eigenvalue weighted by Gasteiger charge is 2.08. The summed E-state index contributed by atoms with van der Waals surface area (Å²) in [5.41, 5.74) is 3.67. The lowest BCUT2D eigenvalue weighted by molar-refractivity contribution is 0.806. The number of anilines is 1. The van der Waals surface area contributed by atoms with Crippen molar-refractivity contribution in [3.05, 3.63) is 58.3 Å². The first-order chi connectivity index (χ1) is 8.70. The van der Waals surface area contributed by atoms with Crippen molar-refractivity contribution in [3.8, 4) is 0 Å². The molecular weight excluding hydrogens is 288 g/mol. The minimum atomic E-state index is 0.842. The standard InChI is InChI=1S/C15H17BrN2/c1-3-18(15-7-5-4-6-12(15)2)11-14-9-8-13(16)10-17-14/h4-10H,3,11H2,1-2H3. The van der Waals surface area contributed by atoms with Crippen LogP contribution in [0.25, 0.3) is 0 Å². The number of pyridine rings is 1. The monoisotopic (exact) mass is 304 g/mol. The number of hydrogen-bond acceptors (Lipinski definition) is 2. The van der Waals surface area contributed by atoms with E-state index in [1.807, 2.05) is 12.3 Å². The number of rotatable bonds is 4. The molecule has 2 nitrogen and oxygen atoms in total. The SMILES string of the molecule is CCN(Cc1ccc(Br)cn1)c1ccccc1C. The summed E-state index contributed by atoms with van der Waals surface area (Å²) in [5, 5.41) is 0. The molecule has 1 heterocycles. The first-order valence-corrected chi connectivity index (χ1v) is 6.91. The fourth-order valence-corrected chi connectivity index (χ4v) is 2.22. The topological polar surface area (TPSA) is 16.1 Å². The summed E-state index contributed by atoms with van der Waals surface area (Å²) in [5.74, 6) is 0. The number of para-hydroxylation sites is 1. The van der Waals surface area contributed by atoms with E-state index in [0.29, 0.717) is 0 Å². The molecule has 0 saturated carbocycles. The van der Waals surface area contributed by atoms with Crippen LogP contribution in [0.5, 0.6) is 0 Å². The number of aromatic nitrogens is 1. The van der Waals surface area contributed by atoms with E-state index in [9.17, 15) is 0 Å². The number of benzene rings is 1. The molecule has 18 heavy (non-hydrogen) atoms. The molecule has 2 aromatic rings. The van der Waals surface area contributed by atoms with Crippen LogP contribution >= 0.6 is 15.9 Å². The van der Waals surface area contributed by atoms with E-state index >= 15 is 0 Å². The highest BCUT2D eigenvalue weighted by molar-refractivity contribution is 9.10. The molecule has 0 unspecified atom stereocenters. The summed E-state index contributed by atoms with van der Waals surface area (Å²) in [7, 11) is 0. The van der Waals surface area contributed by atoms with Crippen LogP contribution in [0.1, 0.15) is 18.2 Å². The van der Waals surface area contributed by atoms with Gasteiger partial charge in [-0.3, -0.25) is 4.98 Å². The van der Waals surface area contributed by atoms with Crippen LogP contribution in [0.3, 0.4) is 0 Å². The van der Waals surface area contributed by atoms with E-state index in [0.717, 1.165) is 23.3 Å². The average Bonchev–Trinajstić information content (AvgIpc) is 2.39. The molecule has 2 rings (SSSR count). The summed E-state index contributed by atoms with van der Waals surface area (Å²) < 4.78 is 1.02. The van der Waals surface area contributed by atoms with E-state index < -0.39 is 0 Å². The van der Waals surface area contributed by atoms with Crippen molar-refractivity contribution < 1.29 is 0 Å². The Morgan fingerprint density at radius 1 is 1.17 bits per heavy atom. The van der Waals surface area contributed by atoms with Gasteiger partial charge in [-0.1, -0.05) is 18.2 Å². The lowest BCUT2D eigenvalue weighted by Crippen LogP contribution is -2.23. The fourth-order valence-electron chi connectivity index (χ4n) is 1.98. The second-order valence-electron chi connectivity index (χ2n) is 4.27. The molecule has 0 atom stereocenters. The second-order valence-corrected chi connectivity index (χ2v) is 5.18. The Kier molecular flexibility index (Phi) is 4.37. The van der Waals surface area contributed by atoms with Gasteiger partial charge in [0.2, 0.25) is 0 Å². The number of hydrogen-bond donors (Lipinski definition) is 0. The van der Waals surface area contributed by atoms with Crippen molar-refractivity contribution in [2.45, 2.75) is 20.4 Å². The first-order valence-electron chi connectivity index (χ1n) is 6.11. The van der Waals surface area contributed by atoms with Crippen LogP contribution in [0.2, 0.25) is 0 Å². The van der Waals surface area contributed by atoms with Crippen LogP contribution in [0.15, 0.2) is 47.1 Å². The van der Waals surface area contributed by atoms with Crippen molar-refractivity contribution in [2.24, 2.45) is 0 Å². The van der Waals surface area contributed by atoms with Gasteiger partial charge in [-0.05, 0) is 53.5 Å². The van der Waals surface area contributed by atoms with Gasteiger partial charge in [-0.15, -0.1) is 0 Å². The molecule has 0 amide bonds. The Morgan fingerprint density at radius 2 is 1.94 bits per heavy atom. The molecule has 0 aliphatic rings. The minimum absolute atomic E-state index is 0.842. The van der Waals surface area contributed by atoms with Gasteiger partial charge in [0, 0.05) is 22.9 Å². The van der Waals surface area contributed by atoms with Crippen molar-refractivity contribution >= 4 is 21.6 Å². The van der Waals surface area contributed by atoms with Gasteiger partial charge >= 0.3 is 0 Å². The molecule has 0 fully saturated rings. The molecule has 94 valence electrons. The van der Waals surface area contributed by atoms with Crippen molar-refractivity contribution in [1.82, 2.24) is 4.98 Å². The summed E-state index contributed by atoms with van der Waals surface area (Å²) in [4.78, 5) is 6.77. The lowest BCUT2D eigenvalue weighted by Gasteiger charge is -2.24. The highest BCUT2D eigenvalue weighted by Crippen LogP contribution is 2.21. The van der Waals surface area contributed by atoms with Crippen LogP contribution in [-0.2, 0) is 6.54 Å². The molecule has 0 radical (unpaired) electrons. The van der Waals surface area contributed by atoms with Gasteiger partial charge in [0.1, 0.15) is 0 Å². The zero-order chi connectivity index (χ0) is 13.0. The number of halogens is 1. The van der Waals surface area contributed by atoms with Gasteiger partial charge in [-0.25, -0.2) is 0 Å². The van der Waals surface area contributed by atoms with Gasteiger partial charge in [-0.2, -0.15) is 0 Å². The minimum Gasteiger partial charge on any atom is -0.366 e. The smallest absolute Gasteiger partial charge is 0.0602 e. The summed E-state index contributed by atoms with van der Waals surface area (Å²) in [6.07, 6.45) is 1.85. The molecular formula is C15H17BrN2. The van der Waals surface area contributed by atoms with E-state index in [1.54, 1.807) is 0 Å². The van der Waals surface area contributed by atoms with Crippen LogP contribution in [0.4, 0.5) is 5.69 Å². The Morgan fingerprint density at radius 3 is 2.56 bits per heavy atom.